The molecule has 0 aromatic carbocycles. The number of halogens is 1. The van der Waals surface area contributed by atoms with Crippen molar-refractivity contribution < 1.29 is 0 Å². The Balaban J connectivity index is 1.93. The third kappa shape index (κ3) is 1.85. The minimum absolute atomic E-state index is 0.228. The maximum absolute atomic E-state index is 6.11. The van der Waals surface area contributed by atoms with E-state index in [1.165, 1.54) is 12.8 Å². The lowest BCUT2D eigenvalue weighted by atomic mass is 10.1. The number of hydrogen-bond donors (Lipinski definition) is 1. The summed E-state index contributed by atoms with van der Waals surface area (Å²) < 4.78 is 3.04. The van der Waals surface area contributed by atoms with Crippen LogP contribution in [0.3, 0.4) is 0 Å². The lowest BCUT2D eigenvalue weighted by Crippen LogP contribution is -2.26. The van der Waals surface area contributed by atoms with Crippen molar-refractivity contribution in [1.29, 1.82) is 0 Å². The molecule has 1 unspecified atom stereocenters. The summed E-state index contributed by atoms with van der Waals surface area (Å²) in [6, 6.07) is 4.14. The molecule has 0 spiro atoms. The lowest BCUT2D eigenvalue weighted by Gasteiger charge is -2.08. The summed E-state index contributed by atoms with van der Waals surface area (Å²) in [5.74, 6) is 1.65. The highest BCUT2D eigenvalue weighted by atomic mass is 79.9. The summed E-state index contributed by atoms with van der Waals surface area (Å²) in [4.78, 5) is 0. The second-order valence-electron chi connectivity index (χ2n) is 4.40. The molecule has 0 amide bonds. The fourth-order valence-corrected chi connectivity index (χ4v) is 2.29. The molecule has 5 heteroatoms. The van der Waals surface area contributed by atoms with E-state index in [1.807, 2.05) is 22.7 Å². The Labute approximate surface area is 102 Å². The predicted molar refractivity (Wildman–Crippen MR) is 65.1 cm³/mol. The molecule has 2 heterocycles. The van der Waals surface area contributed by atoms with Crippen molar-refractivity contribution in [3.05, 3.63) is 28.6 Å². The van der Waals surface area contributed by atoms with E-state index in [0.717, 1.165) is 22.4 Å². The molecule has 1 fully saturated rings. The first-order valence-electron chi connectivity index (χ1n) is 5.49. The molecule has 0 aliphatic heterocycles. The highest BCUT2D eigenvalue weighted by Crippen LogP contribution is 2.32. The lowest BCUT2D eigenvalue weighted by molar-refractivity contribution is 0.572. The fourth-order valence-electron chi connectivity index (χ4n) is 1.95. The molecule has 1 saturated carbocycles. The minimum Gasteiger partial charge on any atom is -0.327 e. The molecule has 0 bridgehead atoms. The molecule has 4 nitrogen and oxygen atoms in total. The second-order valence-corrected chi connectivity index (χ2v) is 5.31. The molecular formula is C11H13BrN4. The molecule has 2 aromatic heterocycles. The maximum Gasteiger partial charge on any atom is 0.160 e. The normalized spacial score (nSPS) is 17.9. The first-order valence-corrected chi connectivity index (χ1v) is 6.28. The van der Waals surface area contributed by atoms with Gasteiger partial charge >= 0.3 is 0 Å². The fraction of sp³-hybridized carbons (Fsp3) is 0.455. The van der Waals surface area contributed by atoms with Gasteiger partial charge in [-0.2, -0.15) is 0 Å². The van der Waals surface area contributed by atoms with Crippen LogP contribution < -0.4 is 5.73 Å². The van der Waals surface area contributed by atoms with Gasteiger partial charge < -0.3 is 5.73 Å². The number of fused-ring (bicyclic) bond motifs is 1. The SMILES string of the molecule is NC(Cc1nnc2ccc(Br)cn12)C1CC1. The predicted octanol–water partition coefficient (Wildman–Crippen LogP) is 1.77. The van der Waals surface area contributed by atoms with Crippen LogP contribution in [0.2, 0.25) is 0 Å². The molecule has 1 aliphatic rings. The zero-order valence-corrected chi connectivity index (χ0v) is 10.4. The van der Waals surface area contributed by atoms with Gasteiger partial charge in [0, 0.05) is 23.1 Å². The summed E-state index contributed by atoms with van der Waals surface area (Å²) in [6.07, 6.45) is 5.33. The van der Waals surface area contributed by atoms with E-state index in [9.17, 15) is 0 Å². The summed E-state index contributed by atoms with van der Waals surface area (Å²) in [5.41, 5.74) is 6.98. The van der Waals surface area contributed by atoms with Crippen molar-refractivity contribution in [3.8, 4) is 0 Å². The van der Waals surface area contributed by atoms with Crippen LogP contribution in [0.5, 0.6) is 0 Å². The Morgan fingerprint density at radius 2 is 2.25 bits per heavy atom. The van der Waals surface area contributed by atoms with E-state index < -0.39 is 0 Å². The Bertz CT molecular complexity index is 518. The van der Waals surface area contributed by atoms with Gasteiger partial charge in [-0.1, -0.05) is 0 Å². The van der Waals surface area contributed by atoms with Crippen molar-refractivity contribution in [2.24, 2.45) is 11.7 Å². The zero-order chi connectivity index (χ0) is 11.1. The maximum atomic E-state index is 6.11. The number of nitrogens with zero attached hydrogens (tertiary/aromatic N) is 3. The van der Waals surface area contributed by atoms with Crippen LogP contribution in [-0.2, 0) is 6.42 Å². The van der Waals surface area contributed by atoms with Gasteiger partial charge in [0.15, 0.2) is 5.65 Å². The third-order valence-corrected chi connectivity index (χ3v) is 3.55. The smallest absolute Gasteiger partial charge is 0.160 e. The van der Waals surface area contributed by atoms with Crippen molar-refractivity contribution in [2.45, 2.75) is 25.3 Å². The van der Waals surface area contributed by atoms with E-state index in [0.29, 0.717) is 5.92 Å². The number of hydrogen-bond acceptors (Lipinski definition) is 3. The molecule has 84 valence electrons. The van der Waals surface area contributed by atoms with E-state index in [1.54, 1.807) is 0 Å². The topological polar surface area (TPSA) is 56.2 Å². The number of pyridine rings is 1. The Kier molecular flexibility index (Phi) is 2.44. The summed E-state index contributed by atoms with van der Waals surface area (Å²) >= 11 is 3.45. The standard InChI is InChI=1S/C11H13BrN4/c12-8-3-4-10-14-15-11(16(10)6-8)5-9(13)7-1-2-7/h3-4,6-7,9H,1-2,5,13H2. The molecular weight excluding hydrogens is 268 g/mol. The largest absolute Gasteiger partial charge is 0.327 e. The number of nitrogens with two attached hydrogens (primary N) is 1. The van der Waals surface area contributed by atoms with E-state index in [4.69, 9.17) is 5.73 Å². The van der Waals surface area contributed by atoms with Crippen LogP contribution >= 0.6 is 15.9 Å². The minimum atomic E-state index is 0.228. The first-order chi connectivity index (χ1) is 7.74. The van der Waals surface area contributed by atoms with Gasteiger partial charge in [-0.05, 0) is 46.8 Å². The van der Waals surface area contributed by atoms with E-state index in [2.05, 4.69) is 26.1 Å². The van der Waals surface area contributed by atoms with Crippen LogP contribution in [0.4, 0.5) is 0 Å². The van der Waals surface area contributed by atoms with Crippen LogP contribution in [0.25, 0.3) is 5.65 Å². The summed E-state index contributed by atoms with van der Waals surface area (Å²) in [5, 5.41) is 8.33. The highest BCUT2D eigenvalue weighted by Gasteiger charge is 2.29. The van der Waals surface area contributed by atoms with Gasteiger partial charge in [-0.15, -0.1) is 10.2 Å². The van der Waals surface area contributed by atoms with Crippen LogP contribution in [0.1, 0.15) is 18.7 Å². The molecule has 0 saturated heterocycles. The van der Waals surface area contributed by atoms with Gasteiger partial charge in [0.25, 0.3) is 0 Å². The molecule has 2 aromatic rings. The quantitative estimate of drug-likeness (QED) is 0.932. The van der Waals surface area contributed by atoms with Crippen molar-refractivity contribution >= 4 is 21.6 Å². The number of aromatic nitrogens is 3. The zero-order valence-electron chi connectivity index (χ0n) is 8.81. The average molecular weight is 281 g/mol. The molecule has 0 radical (unpaired) electrons. The van der Waals surface area contributed by atoms with Crippen molar-refractivity contribution in [3.63, 3.8) is 0 Å². The number of rotatable bonds is 3. The van der Waals surface area contributed by atoms with Gasteiger partial charge in [-0.25, -0.2) is 0 Å². The Hall–Kier alpha value is -0.940. The van der Waals surface area contributed by atoms with Gasteiger partial charge in [-0.3, -0.25) is 4.40 Å². The molecule has 1 atom stereocenters. The third-order valence-electron chi connectivity index (χ3n) is 3.08. The van der Waals surface area contributed by atoms with Gasteiger partial charge in [0.1, 0.15) is 5.82 Å². The van der Waals surface area contributed by atoms with E-state index in [-0.39, 0.29) is 6.04 Å². The van der Waals surface area contributed by atoms with Gasteiger partial charge in [0.2, 0.25) is 0 Å². The summed E-state index contributed by atoms with van der Waals surface area (Å²) in [6.45, 7) is 0. The van der Waals surface area contributed by atoms with Crippen molar-refractivity contribution in [1.82, 2.24) is 14.6 Å². The van der Waals surface area contributed by atoms with Crippen LogP contribution in [0.15, 0.2) is 22.8 Å². The molecule has 1 aliphatic carbocycles. The Morgan fingerprint density at radius 1 is 1.44 bits per heavy atom. The first kappa shape index (κ1) is 10.2. The Morgan fingerprint density at radius 3 is 3.00 bits per heavy atom. The molecule has 3 rings (SSSR count). The van der Waals surface area contributed by atoms with Crippen LogP contribution in [0, 0.1) is 5.92 Å². The molecule has 2 N–H and O–H groups in total. The van der Waals surface area contributed by atoms with Crippen LogP contribution in [-0.4, -0.2) is 20.6 Å². The second kappa shape index (κ2) is 3.82. The summed E-state index contributed by atoms with van der Waals surface area (Å²) in [7, 11) is 0. The van der Waals surface area contributed by atoms with Crippen molar-refractivity contribution in [2.75, 3.05) is 0 Å². The molecule has 16 heavy (non-hydrogen) atoms. The highest BCUT2D eigenvalue weighted by molar-refractivity contribution is 9.10. The van der Waals surface area contributed by atoms with E-state index >= 15 is 0 Å². The van der Waals surface area contributed by atoms with Gasteiger partial charge in [0.05, 0.1) is 0 Å². The average Bonchev–Trinajstić information content (AvgIpc) is 3.04. The monoisotopic (exact) mass is 280 g/mol.